The Balaban J connectivity index is 1.58. The zero-order valence-electron chi connectivity index (χ0n) is 20.2. The zero-order chi connectivity index (χ0) is 26.4. The molecule has 1 atom stereocenters. The molecule has 0 saturated carbocycles. The van der Waals surface area contributed by atoms with Crippen LogP contribution in [0.1, 0.15) is 36.6 Å². The van der Waals surface area contributed by atoms with Gasteiger partial charge in [0.15, 0.2) is 23.2 Å². The van der Waals surface area contributed by atoms with Gasteiger partial charge < -0.3 is 20.3 Å². The molecule has 1 aromatic carbocycles. The first-order chi connectivity index (χ1) is 16.9. The van der Waals surface area contributed by atoms with Gasteiger partial charge in [0, 0.05) is 60.1 Å². The molecule has 0 bridgehead atoms. The molecule has 0 radical (unpaired) electrons. The Morgan fingerprint density at radius 2 is 1.78 bits per heavy atom. The number of nitrogens with two attached hydrogens (primary N) is 1. The number of pyridine rings is 2. The van der Waals surface area contributed by atoms with Crippen molar-refractivity contribution in [1.82, 2.24) is 14.9 Å². The SMILES string of the molecule is C[C@@H](Oc1cc(C(=N)c2cnc(N3CC(C)(N(C)C)C3)c(F)c2)c(N)cc1F)c1c(Cl)cncc1Cl. The van der Waals surface area contributed by atoms with Gasteiger partial charge in [-0.15, -0.1) is 0 Å². The van der Waals surface area contributed by atoms with Crippen molar-refractivity contribution in [3.8, 4) is 5.75 Å². The molecule has 0 spiro atoms. The number of halogens is 4. The van der Waals surface area contributed by atoms with Crippen molar-refractivity contribution in [1.29, 1.82) is 5.41 Å². The van der Waals surface area contributed by atoms with E-state index in [9.17, 15) is 8.78 Å². The molecule has 1 fully saturated rings. The number of ether oxygens (including phenoxy) is 1. The molecular formula is C25H26Cl2F2N6O. The van der Waals surface area contributed by atoms with Gasteiger partial charge >= 0.3 is 0 Å². The van der Waals surface area contributed by atoms with Crippen LogP contribution in [0.25, 0.3) is 0 Å². The Morgan fingerprint density at radius 1 is 1.14 bits per heavy atom. The number of nitrogens with zero attached hydrogens (tertiary/aromatic N) is 4. The van der Waals surface area contributed by atoms with E-state index in [2.05, 4.69) is 21.8 Å². The number of anilines is 2. The molecule has 7 nitrogen and oxygen atoms in total. The van der Waals surface area contributed by atoms with E-state index in [1.807, 2.05) is 19.0 Å². The van der Waals surface area contributed by atoms with Crippen molar-refractivity contribution < 1.29 is 13.5 Å². The first kappa shape index (κ1) is 26.1. The predicted octanol–water partition coefficient (Wildman–Crippen LogP) is 5.34. The van der Waals surface area contributed by atoms with E-state index in [4.69, 9.17) is 39.1 Å². The molecule has 1 saturated heterocycles. The first-order valence-corrected chi connectivity index (χ1v) is 11.9. The van der Waals surface area contributed by atoms with E-state index in [0.29, 0.717) is 18.7 Å². The Labute approximate surface area is 218 Å². The van der Waals surface area contributed by atoms with E-state index >= 15 is 0 Å². The van der Waals surface area contributed by atoms with Crippen LogP contribution >= 0.6 is 23.2 Å². The third kappa shape index (κ3) is 4.83. The maximum absolute atomic E-state index is 15.0. The summed E-state index contributed by atoms with van der Waals surface area (Å²) in [6.07, 6.45) is 3.51. The average Bonchev–Trinajstić information content (AvgIpc) is 2.78. The quantitative estimate of drug-likeness (QED) is 0.314. The predicted molar refractivity (Wildman–Crippen MR) is 139 cm³/mol. The van der Waals surface area contributed by atoms with Crippen LogP contribution in [0, 0.1) is 17.0 Å². The topological polar surface area (TPSA) is 91.4 Å². The highest BCUT2D eigenvalue weighted by molar-refractivity contribution is 6.35. The summed E-state index contributed by atoms with van der Waals surface area (Å²) in [5.41, 5.74) is 6.65. The van der Waals surface area contributed by atoms with Crippen molar-refractivity contribution in [2.75, 3.05) is 37.8 Å². The van der Waals surface area contributed by atoms with Gasteiger partial charge in [-0.2, -0.15) is 0 Å². The van der Waals surface area contributed by atoms with Crippen LogP contribution in [0.2, 0.25) is 10.0 Å². The monoisotopic (exact) mass is 534 g/mol. The fraction of sp³-hybridized carbons (Fsp3) is 0.320. The van der Waals surface area contributed by atoms with Crippen LogP contribution in [0.15, 0.2) is 36.8 Å². The van der Waals surface area contributed by atoms with Gasteiger partial charge in [-0.05, 0) is 40.1 Å². The van der Waals surface area contributed by atoms with Crippen molar-refractivity contribution in [2.45, 2.75) is 25.5 Å². The lowest BCUT2D eigenvalue weighted by Gasteiger charge is -2.52. The molecule has 3 aromatic rings. The lowest BCUT2D eigenvalue weighted by atomic mass is 9.91. The standard InChI is InChI=1S/C25H26Cl2F2N6O/c1-13(22-16(26)9-32-10-17(22)27)36-21-6-15(20(30)7-18(21)28)23(31)14-5-19(29)24(33-8-14)35-11-25(2,12-35)34(3)4/h5-10,13,31H,11-12,30H2,1-4H3/t13-/m1/s1. The normalized spacial score (nSPS) is 15.5. The average molecular weight is 535 g/mol. The summed E-state index contributed by atoms with van der Waals surface area (Å²) in [6, 6.07) is 3.59. The minimum atomic E-state index is -0.726. The summed E-state index contributed by atoms with van der Waals surface area (Å²) in [5, 5.41) is 9.15. The van der Waals surface area contributed by atoms with E-state index in [-0.39, 0.29) is 49.7 Å². The molecule has 190 valence electrons. The molecule has 2 aromatic heterocycles. The summed E-state index contributed by atoms with van der Waals surface area (Å²) >= 11 is 12.4. The Morgan fingerprint density at radius 3 is 2.36 bits per heavy atom. The van der Waals surface area contributed by atoms with Crippen LogP contribution in [-0.2, 0) is 0 Å². The summed E-state index contributed by atoms with van der Waals surface area (Å²) in [5.74, 6) is -1.21. The van der Waals surface area contributed by atoms with Crippen LogP contribution in [0.4, 0.5) is 20.3 Å². The Hall–Kier alpha value is -3.01. The number of benzene rings is 1. The molecule has 0 aliphatic carbocycles. The number of likely N-dealkylation sites (N-methyl/N-ethyl adjacent to an activating group) is 1. The van der Waals surface area contributed by atoms with Crippen LogP contribution in [0.3, 0.4) is 0 Å². The second-order valence-electron chi connectivity index (χ2n) is 9.30. The highest BCUT2D eigenvalue weighted by Gasteiger charge is 2.42. The highest BCUT2D eigenvalue weighted by Crippen LogP contribution is 2.35. The third-order valence-corrected chi connectivity index (χ3v) is 7.13. The molecule has 36 heavy (non-hydrogen) atoms. The second kappa shape index (κ2) is 9.80. The van der Waals surface area contributed by atoms with Crippen molar-refractivity contribution >= 4 is 40.4 Å². The number of rotatable bonds is 7. The van der Waals surface area contributed by atoms with Gasteiger partial charge in [0.1, 0.15) is 6.10 Å². The van der Waals surface area contributed by atoms with Crippen LogP contribution in [-0.4, -0.2) is 53.3 Å². The fourth-order valence-electron chi connectivity index (χ4n) is 4.10. The van der Waals surface area contributed by atoms with Crippen LogP contribution < -0.4 is 15.4 Å². The van der Waals surface area contributed by atoms with Crippen molar-refractivity contribution in [2.24, 2.45) is 0 Å². The van der Waals surface area contributed by atoms with Gasteiger partial charge in [0.25, 0.3) is 0 Å². The fourth-order valence-corrected chi connectivity index (χ4v) is 4.77. The Bertz CT molecular complexity index is 1310. The number of hydrogen-bond donors (Lipinski definition) is 2. The van der Waals surface area contributed by atoms with E-state index < -0.39 is 17.7 Å². The molecule has 3 N–H and O–H groups in total. The van der Waals surface area contributed by atoms with Crippen molar-refractivity contribution in [3.63, 3.8) is 0 Å². The number of nitrogens with one attached hydrogen (secondary N) is 1. The van der Waals surface area contributed by atoms with Gasteiger partial charge in [0.05, 0.1) is 21.3 Å². The number of aromatic nitrogens is 2. The van der Waals surface area contributed by atoms with E-state index in [1.54, 1.807) is 6.92 Å². The summed E-state index contributed by atoms with van der Waals surface area (Å²) in [4.78, 5) is 12.1. The maximum Gasteiger partial charge on any atom is 0.167 e. The molecule has 4 rings (SSSR count). The third-order valence-electron chi connectivity index (χ3n) is 6.53. The van der Waals surface area contributed by atoms with Gasteiger partial charge in [-0.3, -0.25) is 10.4 Å². The highest BCUT2D eigenvalue weighted by atomic mass is 35.5. The lowest BCUT2D eigenvalue weighted by molar-refractivity contribution is 0.132. The summed E-state index contributed by atoms with van der Waals surface area (Å²) in [7, 11) is 3.97. The molecular weight excluding hydrogens is 509 g/mol. The van der Waals surface area contributed by atoms with Gasteiger partial charge in [-0.1, -0.05) is 23.2 Å². The van der Waals surface area contributed by atoms with Gasteiger partial charge in [-0.25, -0.2) is 13.8 Å². The summed E-state index contributed by atoms with van der Waals surface area (Å²) in [6.45, 7) is 5.02. The largest absolute Gasteiger partial charge is 0.483 e. The minimum absolute atomic E-state index is 0.00598. The molecule has 11 heteroatoms. The van der Waals surface area contributed by atoms with E-state index in [0.717, 1.165) is 6.07 Å². The Kier molecular flexibility index (Phi) is 7.10. The molecule has 1 aliphatic heterocycles. The van der Waals surface area contributed by atoms with Gasteiger partial charge in [0.2, 0.25) is 0 Å². The molecule has 0 amide bonds. The molecule has 0 unspecified atom stereocenters. The first-order valence-electron chi connectivity index (χ1n) is 11.1. The zero-order valence-corrected chi connectivity index (χ0v) is 21.8. The second-order valence-corrected chi connectivity index (χ2v) is 10.1. The van der Waals surface area contributed by atoms with Crippen molar-refractivity contribution in [3.05, 3.63) is 75.2 Å². The minimum Gasteiger partial charge on any atom is -0.483 e. The molecule has 3 heterocycles. The van der Waals surface area contributed by atoms with E-state index in [1.165, 1.54) is 30.7 Å². The summed E-state index contributed by atoms with van der Waals surface area (Å²) < 4.78 is 35.5. The smallest absolute Gasteiger partial charge is 0.167 e. The maximum atomic E-state index is 15.0. The van der Waals surface area contributed by atoms with Crippen LogP contribution in [0.5, 0.6) is 5.75 Å². The number of nitrogen functional groups attached to an aromatic ring is 1. The lowest BCUT2D eigenvalue weighted by Crippen LogP contribution is -2.67. The molecule has 1 aliphatic rings. The number of hydrogen-bond acceptors (Lipinski definition) is 7.